The van der Waals surface area contributed by atoms with Crippen LogP contribution in [-0.4, -0.2) is 39.0 Å². The number of rotatable bonds is 4. The molecule has 1 aromatic rings. The lowest BCUT2D eigenvalue weighted by atomic mass is 9.93. The van der Waals surface area contributed by atoms with E-state index in [2.05, 4.69) is 0 Å². The summed E-state index contributed by atoms with van der Waals surface area (Å²) in [5, 5.41) is 1.73. The van der Waals surface area contributed by atoms with Gasteiger partial charge < -0.3 is 10.5 Å². The first-order chi connectivity index (χ1) is 8.96. The molecular weight excluding hydrogens is 284 g/mol. The molecule has 1 aliphatic heterocycles. The van der Waals surface area contributed by atoms with Crippen molar-refractivity contribution in [3.05, 3.63) is 11.4 Å². The first-order valence-electron chi connectivity index (χ1n) is 6.34. The highest BCUT2D eigenvalue weighted by molar-refractivity contribution is 7.91. The number of nitrogens with zero attached hydrogens (tertiary/aromatic N) is 1. The van der Waals surface area contributed by atoms with E-state index in [0.29, 0.717) is 23.0 Å². The number of ether oxygens (including phenoxy) is 1. The minimum atomic E-state index is -3.46. The van der Waals surface area contributed by atoms with Crippen LogP contribution in [0.1, 0.15) is 19.8 Å². The zero-order valence-corrected chi connectivity index (χ0v) is 12.8. The standard InChI is InChI=1S/C12H20N2O3S2/c1-9(13)10-4-3-6-14(8-10)19(15,16)12-11(17-2)5-7-18-12/h5,7,9-10H,3-4,6,8,13H2,1-2H3/t9-,10+/m1/s1. The molecule has 2 N–H and O–H groups in total. The quantitative estimate of drug-likeness (QED) is 0.915. The van der Waals surface area contributed by atoms with Crippen molar-refractivity contribution in [2.75, 3.05) is 20.2 Å². The van der Waals surface area contributed by atoms with Crippen molar-refractivity contribution in [3.8, 4) is 5.75 Å². The van der Waals surface area contributed by atoms with E-state index in [1.165, 1.54) is 18.4 Å². The summed E-state index contributed by atoms with van der Waals surface area (Å²) < 4.78 is 32.2. The van der Waals surface area contributed by atoms with Crippen LogP contribution in [0.25, 0.3) is 0 Å². The van der Waals surface area contributed by atoms with Crippen LogP contribution in [0.4, 0.5) is 0 Å². The minimum Gasteiger partial charge on any atom is -0.494 e. The van der Waals surface area contributed by atoms with Crippen LogP contribution < -0.4 is 10.5 Å². The molecule has 1 aliphatic rings. The Morgan fingerprint density at radius 3 is 2.95 bits per heavy atom. The topological polar surface area (TPSA) is 72.6 Å². The van der Waals surface area contributed by atoms with Crippen molar-refractivity contribution in [1.29, 1.82) is 0 Å². The Kier molecular flexibility index (Phi) is 4.50. The van der Waals surface area contributed by atoms with E-state index in [1.54, 1.807) is 15.8 Å². The molecule has 1 saturated heterocycles. The molecule has 0 saturated carbocycles. The van der Waals surface area contributed by atoms with Gasteiger partial charge in [0, 0.05) is 19.1 Å². The van der Waals surface area contributed by atoms with Gasteiger partial charge in [0.25, 0.3) is 10.0 Å². The molecule has 2 heterocycles. The third-order valence-corrected chi connectivity index (χ3v) is 6.84. The summed E-state index contributed by atoms with van der Waals surface area (Å²) in [6.45, 7) is 3.00. The van der Waals surface area contributed by atoms with E-state index in [4.69, 9.17) is 10.5 Å². The average Bonchev–Trinajstić information content (AvgIpc) is 2.88. The van der Waals surface area contributed by atoms with E-state index in [0.717, 1.165) is 12.8 Å². The van der Waals surface area contributed by atoms with Crippen LogP contribution in [0.3, 0.4) is 0 Å². The summed E-state index contributed by atoms with van der Waals surface area (Å²) in [7, 11) is -1.97. The second-order valence-corrected chi connectivity index (χ2v) is 7.95. The number of sulfonamides is 1. The van der Waals surface area contributed by atoms with Gasteiger partial charge >= 0.3 is 0 Å². The van der Waals surface area contributed by atoms with Gasteiger partial charge in [0.15, 0.2) is 4.21 Å². The number of hydrogen-bond donors (Lipinski definition) is 1. The predicted octanol–water partition coefficient (Wildman–Crippen LogP) is 1.50. The highest BCUT2D eigenvalue weighted by Crippen LogP contribution is 2.34. The molecule has 5 nitrogen and oxygen atoms in total. The van der Waals surface area contributed by atoms with Crippen LogP contribution in [0.2, 0.25) is 0 Å². The summed E-state index contributed by atoms with van der Waals surface area (Å²) in [5.41, 5.74) is 5.90. The molecule has 0 radical (unpaired) electrons. The summed E-state index contributed by atoms with van der Waals surface area (Å²) in [6.07, 6.45) is 1.85. The second kappa shape index (κ2) is 5.78. The van der Waals surface area contributed by atoms with Gasteiger partial charge in [0.05, 0.1) is 7.11 Å². The normalized spacial score (nSPS) is 23.2. The van der Waals surface area contributed by atoms with Gasteiger partial charge in [0.2, 0.25) is 0 Å². The molecule has 2 rings (SSSR count). The van der Waals surface area contributed by atoms with Gasteiger partial charge in [-0.15, -0.1) is 11.3 Å². The van der Waals surface area contributed by atoms with E-state index in [-0.39, 0.29) is 12.0 Å². The lowest BCUT2D eigenvalue weighted by Gasteiger charge is -2.33. The van der Waals surface area contributed by atoms with E-state index in [9.17, 15) is 8.42 Å². The molecule has 2 atom stereocenters. The summed E-state index contributed by atoms with van der Waals surface area (Å²) in [4.78, 5) is 0. The van der Waals surface area contributed by atoms with E-state index < -0.39 is 10.0 Å². The third-order valence-electron chi connectivity index (χ3n) is 3.55. The van der Waals surface area contributed by atoms with Crippen molar-refractivity contribution in [2.45, 2.75) is 30.0 Å². The fourth-order valence-corrected chi connectivity index (χ4v) is 5.31. The van der Waals surface area contributed by atoms with Gasteiger partial charge in [-0.1, -0.05) is 0 Å². The minimum absolute atomic E-state index is 0.0169. The number of hydrogen-bond acceptors (Lipinski definition) is 5. The molecular formula is C12H20N2O3S2. The molecule has 7 heteroatoms. The lowest BCUT2D eigenvalue weighted by molar-refractivity contribution is 0.243. The summed E-state index contributed by atoms with van der Waals surface area (Å²) in [5.74, 6) is 0.655. The molecule has 0 bridgehead atoms. The Morgan fingerprint density at radius 1 is 1.58 bits per heavy atom. The molecule has 108 valence electrons. The Hall–Kier alpha value is -0.630. The monoisotopic (exact) mass is 304 g/mol. The third kappa shape index (κ3) is 2.94. The SMILES string of the molecule is COc1ccsc1S(=O)(=O)N1CCC[C@H]([C@@H](C)N)C1. The van der Waals surface area contributed by atoms with Crippen LogP contribution in [0, 0.1) is 5.92 Å². The second-order valence-electron chi connectivity index (χ2n) is 4.90. The van der Waals surface area contributed by atoms with Crippen molar-refractivity contribution in [1.82, 2.24) is 4.31 Å². The maximum absolute atomic E-state index is 12.6. The van der Waals surface area contributed by atoms with Crippen LogP contribution in [0.5, 0.6) is 5.75 Å². The van der Waals surface area contributed by atoms with Crippen LogP contribution >= 0.6 is 11.3 Å². The van der Waals surface area contributed by atoms with Gasteiger partial charge in [-0.25, -0.2) is 8.42 Å². The molecule has 0 unspecified atom stereocenters. The molecule has 0 amide bonds. The lowest BCUT2D eigenvalue weighted by Crippen LogP contribution is -2.44. The zero-order valence-electron chi connectivity index (χ0n) is 11.2. The molecule has 19 heavy (non-hydrogen) atoms. The Balaban J connectivity index is 2.25. The van der Waals surface area contributed by atoms with Gasteiger partial charge in [-0.2, -0.15) is 4.31 Å². The molecule has 0 spiro atoms. The van der Waals surface area contributed by atoms with Crippen molar-refractivity contribution < 1.29 is 13.2 Å². The van der Waals surface area contributed by atoms with Gasteiger partial charge in [-0.05, 0) is 37.1 Å². The number of piperidine rings is 1. The van der Waals surface area contributed by atoms with Gasteiger partial charge in [-0.3, -0.25) is 0 Å². The fourth-order valence-electron chi connectivity index (χ4n) is 2.36. The molecule has 1 fully saturated rings. The molecule has 0 aromatic carbocycles. The smallest absolute Gasteiger partial charge is 0.256 e. The Labute approximate surface area is 118 Å². The first-order valence-corrected chi connectivity index (χ1v) is 8.66. The van der Waals surface area contributed by atoms with Crippen LogP contribution in [-0.2, 0) is 10.0 Å². The van der Waals surface area contributed by atoms with Crippen LogP contribution in [0.15, 0.2) is 15.7 Å². The highest BCUT2D eigenvalue weighted by atomic mass is 32.2. The van der Waals surface area contributed by atoms with Crippen molar-refractivity contribution >= 4 is 21.4 Å². The summed E-state index contributed by atoms with van der Waals surface area (Å²) in [6, 6.07) is 1.70. The Bertz CT molecular complexity index is 525. The largest absolute Gasteiger partial charge is 0.494 e. The van der Waals surface area contributed by atoms with E-state index >= 15 is 0 Å². The fraction of sp³-hybridized carbons (Fsp3) is 0.667. The van der Waals surface area contributed by atoms with Crippen molar-refractivity contribution in [2.24, 2.45) is 11.7 Å². The number of thiophene rings is 1. The average molecular weight is 304 g/mol. The first kappa shape index (κ1) is 14.8. The summed E-state index contributed by atoms with van der Waals surface area (Å²) >= 11 is 1.20. The van der Waals surface area contributed by atoms with Gasteiger partial charge in [0.1, 0.15) is 5.75 Å². The molecule has 1 aromatic heterocycles. The maximum atomic E-state index is 12.6. The molecule has 0 aliphatic carbocycles. The number of methoxy groups -OCH3 is 1. The number of nitrogens with two attached hydrogens (primary N) is 1. The Morgan fingerprint density at radius 2 is 2.32 bits per heavy atom. The predicted molar refractivity (Wildman–Crippen MR) is 76.0 cm³/mol. The van der Waals surface area contributed by atoms with E-state index in [1.807, 2.05) is 6.92 Å². The van der Waals surface area contributed by atoms with Crippen molar-refractivity contribution in [3.63, 3.8) is 0 Å². The maximum Gasteiger partial charge on any atom is 0.256 e. The highest BCUT2D eigenvalue weighted by Gasteiger charge is 2.34. The zero-order chi connectivity index (χ0) is 14.0.